The molecular weight excluding hydrogens is 359 g/mol. The molecule has 0 bridgehead atoms. The van der Waals surface area contributed by atoms with E-state index in [1.807, 2.05) is 0 Å². The number of halogens is 4. The van der Waals surface area contributed by atoms with Crippen molar-refractivity contribution in [1.82, 2.24) is 5.32 Å². The van der Waals surface area contributed by atoms with Gasteiger partial charge < -0.3 is 14.8 Å². The van der Waals surface area contributed by atoms with Gasteiger partial charge in [0.25, 0.3) is 5.91 Å². The summed E-state index contributed by atoms with van der Waals surface area (Å²) in [5.41, 5.74) is 0.921. The van der Waals surface area contributed by atoms with Crippen molar-refractivity contribution in [3.63, 3.8) is 0 Å². The Labute approximate surface area is 147 Å². The van der Waals surface area contributed by atoms with E-state index in [-0.39, 0.29) is 12.1 Å². The summed E-state index contributed by atoms with van der Waals surface area (Å²) in [4.78, 5) is 12.1. The average Bonchev–Trinajstić information content (AvgIpc) is 2.56. The molecule has 0 heterocycles. The summed E-state index contributed by atoms with van der Waals surface area (Å²) in [6.07, 6.45) is -5.23. The molecule has 0 spiro atoms. The molecule has 25 heavy (non-hydrogen) atoms. The van der Waals surface area contributed by atoms with E-state index in [2.05, 4.69) is 10.1 Å². The van der Waals surface area contributed by atoms with Crippen LogP contribution in [-0.4, -0.2) is 25.9 Å². The fourth-order valence-electron chi connectivity index (χ4n) is 2.15. The lowest BCUT2D eigenvalue weighted by Gasteiger charge is -2.18. The van der Waals surface area contributed by atoms with Crippen LogP contribution in [0.4, 0.5) is 13.2 Å². The van der Waals surface area contributed by atoms with Crippen LogP contribution in [0.15, 0.2) is 48.5 Å². The Kier molecular flexibility index (Phi) is 6.27. The van der Waals surface area contributed by atoms with E-state index in [9.17, 15) is 18.0 Å². The smallest absolute Gasteiger partial charge is 0.406 e. The van der Waals surface area contributed by atoms with Crippen LogP contribution in [0.2, 0.25) is 5.02 Å². The summed E-state index contributed by atoms with van der Waals surface area (Å²) in [6.45, 7) is 0.153. The lowest BCUT2D eigenvalue weighted by molar-refractivity contribution is -0.274. The number of methoxy groups -OCH3 is 1. The van der Waals surface area contributed by atoms with Gasteiger partial charge in [0.15, 0.2) is 0 Å². The van der Waals surface area contributed by atoms with Gasteiger partial charge in [0.1, 0.15) is 11.9 Å². The lowest BCUT2D eigenvalue weighted by Crippen LogP contribution is -2.29. The molecule has 0 aliphatic heterocycles. The molecule has 8 heteroatoms. The van der Waals surface area contributed by atoms with Crippen molar-refractivity contribution >= 4 is 17.5 Å². The highest BCUT2D eigenvalue weighted by atomic mass is 35.5. The van der Waals surface area contributed by atoms with Crippen LogP contribution < -0.4 is 10.1 Å². The number of ether oxygens (including phenoxy) is 2. The third-order valence-corrected chi connectivity index (χ3v) is 3.68. The number of nitrogens with one attached hydrogen (secondary N) is 1. The fraction of sp³-hybridized carbons (Fsp3) is 0.235. The second kappa shape index (κ2) is 8.22. The second-order valence-electron chi connectivity index (χ2n) is 5.03. The molecule has 0 radical (unpaired) electrons. The molecule has 0 saturated heterocycles. The second-order valence-corrected chi connectivity index (χ2v) is 5.44. The van der Waals surface area contributed by atoms with Crippen LogP contribution in [0.1, 0.15) is 22.0 Å². The Hall–Kier alpha value is -2.25. The number of alkyl halides is 3. The maximum Gasteiger partial charge on any atom is 0.573 e. The first-order valence-corrected chi connectivity index (χ1v) is 7.59. The van der Waals surface area contributed by atoms with Gasteiger partial charge in [0, 0.05) is 29.8 Å². The summed E-state index contributed by atoms with van der Waals surface area (Å²) in [5, 5.41) is 3.17. The molecule has 2 rings (SSSR count). The highest BCUT2D eigenvalue weighted by Gasteiger charge is 2.31. The van der Waals surface area contributed by atoms with Crippen LogP contribution in [0, 0.1) is 0 Å². The molecule has 134 valence electrons. The summed E-state index contributed by atoms with van der Waals surface area (Å²) in [7, 11) is 1.49. The van der Waals surface area contributed by atoms with E-state index in [4.69, 9.17) is 16.3 Å². The predicted molar refractivity (Wildman–Crippen MR) is 86.7 cm³/mol. The van der Waals surface area contributed by atoms with E-state index < -0.39 is 24.1 Å². The molecule has 0 fully saturated rings. The third-order valence-electron chi connectivity index (χ3n) is 3.33. The number of benzene rings is 2. The molecule has 4 nitrogen and oxygen atoms in total. The van der Waals surface area contributed by atoms with E-state index >= 15 is 0 Å². The predicted octanol–water partition coefficient (Wildman–Crippen LogP) is 4.36. The van der Waals surface area contributed by atoms with Crippen LogP contribution in [0.25, 0.3) is 0 Å². The molecule has 1 amide bonds. The first-order chi connectivity index (χ1) is 11.8. The minimum Gasteiger partial charge on any atom is -0.406 e. The number of hydrogen-bond donors (Lipinski definition) is 1. The van der Waals surface area contributed by atoms with Gasteiger partial charge in [-0.05, 0) is 30.3 Å². The zero-order valence-corrected chi connectivity index (χ0v) is 13.9. The van der Waals surface area contributed by atoms with Crippen molar-refractivity contribution in [1.29, 1.82) is 0 Å². The summed E-state index contributed by atoms with van der Waals surface area (Å²) >= 11 is 6.10. The standard InChI is InChI=1S/C17H15ClF3NO3/c1-24-15(13-4-2-3-5-14(13)18)10-22-16(23)11-6-8-12(9-7-11)25-17(19,20)21/h2-9,15H,10H2,1H3,(H,22,23). The number of hydrogen-bond acceptors (Lipinski definition) is 3. The number of carbonyl (C=O) groups is 1. The van der Waals surface area contributed by atoms with Crippen molar-refractivity contribution in [3.05, 3.63) is 64.7 Å². The molecule has 0 aromatic heterocycles. The molecule has 2 aromatic rings. The number of carbonyl (C=O) groups excluding carboxylic acids is 1. The van der Waals surface area contributed by atoms with E-state index in [0.717, 1.165) is 17.7 Å². The maximum atomic E-state index is 12.1. The molecular formula is C17H15ClF3NO3. The minimum absolute atomic E-state index is 0.153. The number of rotatable bonds is 6. The highest BCUT2D eigenvalue weighted by Crippen LogP contribution is 2.25. The quantitative estimate of drug-likeness (QED) is 0.818. The Balaban J connectivity index is 1.98. The van der Waals surface area contributed by atoms with Gasteiger partial charge in [-0.3, -0.25) is 4.79 Å². The van der Waals surface area contributed by atoms with Crippen molar-refractivity contribution in [3.8, 4) is 5.75 Å². The largest absolute Gasteiger partial charge is 0.573 e. The normalized spacial score (nSPS) is 12.5. The van der Waals surface area contributed by atoms with Crippen LogP contribution in [-0.2, 0) is 4.74 Å². The van der Waals surface area contributed by atoms with E-state index in [0.29, 0.717) is 5.02 Å². The molecule has 1 N–H and O–H groups in total. The van der Waals surface area contributed by atoms with Gasteiger partial charge in [-0.2, -0.15) is 0 Å². The first kappa shape index (κ1) is 19.1. The molecule has 0 aliphatic carbocycles. The Morgan fingerprint density at radius 3 is 2.36 bits per heavy atom. The van der Waals surface area contributed by atoms with Gasteiger partial charge in [0.05, 0.1) is 0 Å². The van der Waals surface area contributed by atoms with E-state index in [1.54, 1.807) is 24.3 Å². The first-order valence-electron chi connectivity index (χ1n) is 7.21. The Morgan fingerprint density at radius 2 is 1.80 bits per heavy atom. The highest BCUT2D eigenvalue weighted by molar-refractivity contribution is 6.31. The topological polar surface area (TPSA) is 47.6 Å². The van der Waals surface area contributed by atoms with Gasteiger partial charge in [-0.25, -0.2) is 0 Å². The maximum absolute atomic E-state index is 12.1. The summed E-state index contributed by atoms with van der Waals surface area (Å²) in [5.74, 6) is -0.845. The van der Waals surface area contributed by atoms with Crippen molar-refractivity contribution < 1.29 is 27.4 Å². The van der Waals surface area contributed by atoms with Gasteiger partial charge in [-0.1, -0.05) is 29.8 Å². The summed E-state index contributed by atoms with van der Waals surface area (Å²) < 4.78 is 45.4. The van der Waals surface area contributed by atoms with Crippen LogP contribution >= 0.6 is 11.6 Å². The average molecular weight is 374 g/mol. The van der Waals surface area contributed by atoms with E-state index in [1.165, 1.54) is 19.2 Å². The van der Waals surface area contributed by atoms with Gasteiger partial charge in [-0.15, -0.1) is 13.2 Å². The van der Waals surface area contributed by atoms with Gasteiger partial charge >= 0.3 is 6.36 Å². The minimum atomic E-state index is -4.77. The number of amides is 1. The molecule has 2 aromatic carbocycles. The van der Waals surface area contributed by atoms with Crippen LogP contribution in [0.5, 0.6) is 5.75 Å². The molecule has 0 saturated carbocycles. The summed E-state index contributed by atoms with van der Waals surface area (Å²) in [6, 6.07) is 11.7. The third kappa shape index (κ3) is 5.65. The lowest BCUT2D eigenvalue weighted by atomic mass is 10.1. The van der Waals surface area contributed by atoms with Gasteiger partial charge in [0.2, 0.25) is 0 Å². The zero-order chi connectivity index (χ0) is 18.4. The van der Waals surface area contributed by atoms with Crippen molar-refractivity contribution in [2.75, 3.05) is 13.7 Å². The van der Waals surface area contributed by atoms with Crippen molar-refractivity contribution in [2.24, 2.45) is 0 Å². The molecule has 0 aliphatic rings. The zero-order valence-electron chi connectivity index (χ0n) is 13.1. The van der Waals surface area contributed by atoms with Crippen LogP contribution in [0.3, 0.4) is 0 Å². The molecule has 1 unspecified atom stereocenters. The Bertz CT molecular complexity index is 720. The SMILES string of the molecule is COC(CNC(=O)c1ccc(OC(F)(F)F)cc1)c1ccccc1Cl. The molecule has 1 atom stereocenters. The van der Waals surface area contributed by atoms with Crippen molar-refractivity contribution in [2.45, 2.75) is 12.5 Å². The fourth-order valence-corrected chi connectivity index (χ4v) is 2.41. The monoisotopic (exact) mass is 373 g/mol. The Morgan fingerprint density at radius 1 is 1.16 bits per heavy atom.